The molecule has 0 aromatic heterocycles. The van der Waals surface area contributed by atoms with Gasteiger partial charge >= 0.3 is 0 Å². The van der Waals surface area contributed by atoms with Crippen LogP contribution in [0.5, 0.6) is 0 Å². The summed E-state index contributed by atoms with van der Waals surface area (Å²) in [6, 6.07) is 8.45. The highest BCUT2D eigenvalue weighted by atomic mass is 16.1. The molecule has 0 N–H and O–H groups in total. The third-order valence-corrected chi connectivity index (χ3v) is 2.82. The molecule has 0 spiro atoms. The summed E-state index contributed by atoms with van der Waals surface area (Å²) >= 11 is 0. The first-order chi connectivity index (χ1) is 6.42. The molecule has 1 aromatic carbocycles. The summed E-state index contributed by atoms with van der Waals surface area (Å²) in [5, 5.41) is 0. The van der Waals surface area contributed by atoms with E-state index >= 15 is 0 Å². The summed E-state index contributed by atoms with van der Waals surface area (Å²) in [5.41, 5.74) is 2.80. The molecule has 0 heterocycles. The van der Waals surface area contributed by atoms with Gasteiger partial charge < -0.3 is 0 Å². The van der Waals surface area contributed by atoms with Crippen molar-refractivity contribution in [1.29, 1.82) is 0 Å². The Morgan fingerprint density at radius 3 is 3.08 bits per heavy atom. The van der Waals surface area contributed by atoms with Crippen LogP contribution in [0, 0.1) is 0 Å². The Labute approximate surface area is 78.8 Å². The molecule has 0 fully saturated rings. The van der Waals surface area contributed by atoms with Gasteiger partial charge in [0.15, 0.2) is 6.29 Å². The number of aryl methyl sites for hydroxylation is 1. The first-order valence-electron chi connectivity index (χ1n) is 4.84. The van der Waals surface area contributed by atoms with Crippen LogP contribution in [-0.4, -0.2) is 6.29 Å². The lowest BCUT2D eigenvalue weighted by molar-refractivity contribution is 0.518. The molecule has 13 heavy (non-hydrogen) atoms. The Hall–Kier alpha value is -1.11. The van der Waals surface area contributed by atoms with Crippen molar-refractivity contribution in [3.8, 4) is 0 Å². The van der Waals surface area contributed by atoms with Crippen molar-refractivity contribution >= 4 is 6.29 Å². The van der Waals surface area contributed by atoms with Gasteiger partial charge in [0.05, 0.1) is 0 Å². The predicted molar refractivity (Wildman–Crippen MR) is 52.4 cm³/mol. The molecule has 2 rings (SSSR count). The molecule has 1 heteroatoms. The highest BCUT2D eigenvalue weighted by Crippen LogP contribution is 2.32. The van der Waals surface area contributed by atoms with E-state index in [1.807, 2.05) is 6.29 Å². The lowest BCUT2D eigenvalue weighted by atomic mass is 9.81. The molecule has 0 aliphatic heterocycles. The minimum atomic E-state index is 0.433. The van der Waals surface area contributed by atoms with E-state index in [-0.39, 0.29) is 0 Å². The molecule has 1 nitrogen and oxygen atoms in total. The van der Waals surface area contributed by atoms with Crippen LogP contribution in [0.1, 0.15) is 36.3 Å². The van der Waals surface area contributed by atoms with Crippen LogP contribution >= 0.6 is 0 Å². The molecular formula is C12H13O. The lowest BCUT2D eigenvalue weighted by Crippen LogP contribution is -2.09. The number of benzene rings is 1. The van der Waals surface area contributed by atoms with Gasteiger partial charge in [-0.15, -0.1) is 0 Å². The Bertz CT molecular complexity index is 304. The van der Waals surface area contributed by atoms with E-state index in [1.165, 1.54) is 24.0 Å². The molecule has 1 aromatic rings. The maximum absolute atomic E-state index is 10.4. The summed E-state index contributed by atoms with van der Waals surface area (Å²) in [7, 11) is 0. The third kappa shape index (κ3) is 1.64. The Morgan fingerprint density at radius 1 is 1.38 bits per heavy atom. The number of rotatable bonds is 2. The fraction of sp³-hybridized carbons (Fsp3) is 0.417. The second kappa shape index (κ2) is 3.73. The maximum atomic E-state index is 10.4. The highest BCUT2D eigenvalue weighted by molar-refractivity contribution is 5.53. The third-order valence-electron chi connectivity index (χ3n) is 2.82. The van der Waals surface area contributed by atoms with Crippen LogP contribution in [0.3, 0.4) is 0 Å². The quantitative estimate of drug-likeness (QED) is 0.671. The van der Waals surface area contributed by atoms with Crippen LogP contribution in [-0.2, 0) is 11.2 Å². The molecular weight excluding hydrogens is 160 g/mol. The van der Waals surface area contributed by atoms with Crippen molar-refractivity contribution in [2.45, 2.75) is 31.6 Å². The van der Waals surface area contributed by atoms with E-state index in [4.69, 9.17) is 0 Å². The van der Waals surface area contributed by atoms with Crippen molar-refractivity contribution in [3.05, 3.63) is 35.4 Å². The van der Waals surface area contributed by atoms with Crippen LogP contribution < -0.4 is 0 Å². The van der Waals surface area contributed by atoms with Crippen molar-refractivity contribution in [3.63, 3.8) is 0 Å². The largest absolute Gasteiger partial charge is 0.291 e. The summed E-state index contributed by atoms with van der Waals surface area (Å²) in [5.74, 6) is 0.433. The van der Waals surface area contributed by atoms with E-state index in [9.17, 15) is 4.79 Å². The summed E-state index contributed by atoms with van der Waals surface area (Å²) < 4.78 is 0. The van der Waals surface area contributed by atoms with E-state index in [0.717, 1.165) is 6.42 Å². The van der Waals surface area contributed by atoms with Crippen LogP contribution in [0.15, 0.2) is 24.3 Å². The lowest BCUT2D eigenvalue weighted by Gasteiger charge is -2.23. The van der Waals surface area contributed by atoms with Crippen molar-refractivity contribution in [1.82, 2.24) is 0 Å². The van der Waals surface area contributed by atoms with Gasteiger partial charge in [0, 0.05) is 6.42 Å². The van der Waals surface area contributed by atoms with Gasteiger partial charge in [-0.1, -0.05) is 24.3 Å². The second-order valence-corrected chi connectivity index (χ2v) is 3.64. The number of carbonyl (C=O) groups excluding carboxylic acids is 1. The van der Waals surface area contributed by atoms with Crippen LogP contribution in [0.2, 0.25) is 0 Å². The fourth-order valence-corrected chi connectivity index (χ4v) is 2.17. The van der Waals surface area contributed by atoms with Gasteiger partial charge in [0.25, 0.3) is 0 Å². The minimum absolute atomic E-state index is 0.433. The topological polar surface area (TPSA) is 17.1 Å². The molecule has 0 bridgehead atoms. The van der Waals surface area contributed by atoms with E-state index in [0.29, 0.717) is 12.3 Å². The summed E-state index contributed by atoms with van der Waals surface area (Å²) in [6.45, 7) is 0. The zero-order chi connectivity index (χ0) is 9.10. The molecule has 67 valence electrons. The molecule has 0 saturated heterocycles. The predicted octanol–water partition coefficient (Wildman–Crippen LogP) is 2.61. The van der Waals surface area contributed by atoms with Crippen molar-refractivity contribution in [2.24, 2.45) is 0 Å². The van der Waals surface area contributed by atoms with Gasteiger partial charge in [-0.3, -0.25) is 4.79 Å². The zero-order valence-corrected chi connectivity index (χ0v) is 7.62. The molecule has 1 aliphatic rings. The zero-order valence-electron chi connectivity index (χ0n) is 7.62. The minimum Gasteiger partial charge on any atom is -0.291 e. The van der Waals surface area contributed by atoms with E-state index in [1.54, 1.807) is 0 Å². The summed E-state index contributed by atoms with van der Waals surface area (Å²) in [6.07, 6.45) is 6.12. The fourth-order valence-electron chi connectivity index (χ4n) is 2.17. The first-order valence-corrected chi connectivity index (χ1v) is 4.84. The van der Waals surface area contributed by atoms with E-state index in [2.05, 4.69) is 24.3 Å². The van der Waals surface area contributed by atoms with Crippen LogP contribution in [0.4, 0.5) is 0 Å². The van der Waals surface area contributed by atoms with Gasteiger partial charge in [0.2, 0.25) is 0 Å². The Kier molecular flexibility index (Phi) is 2.44. The van der Waals surface area contributed by atoms with Crippen molar-refractivity contribution in [2.75, 3.05) is 0 Å². The number of hydrogen-bond donors (Lipinski definition) is 0. The molecule has 1 radical (unpaired) electrons. The first kappa shape index (κ1) is 8.49. The standard InChI is InChI=1S/C12H13O/c13-9-8-11-6-3-5-10-4-1-2-7-12(10)11/h1-2,4,7,11H,3,5-6,8H2. The highest BCUT2D eigenvalue weighted by Gasteiger charge is 2.18. The molecule has 1 unspecified atom stereocenters. The van der Waals surface area contributed by atoms with Gasteiger partial charge in [0.1, 0.15) is 0 Å². The normalized spacial score (nSPS) is 20.8. The van der Waals surface area contributed by atoms with Crippen LogP contribution in [0.25, 0.3) is 0 Å². The molecule has 0 amide bonds. The number of fused-ring (bicyclic) bond motifs is 1. The van der Waals surface area contributed by atoms with Gasteiger partial charge in [-0.25, -0.2) is 0 Å². The van der Waals surface area contributed by atoms with E-state index < -0.39 is 0 Å². The summed E-state index contributed by atoms with van der Waals surface area (Å²) in [4.78, 5) is 10.4. The smallest absolute Gasteiger partial charge is 0.199 e. The van der Waals surface area contributed by atoms with Crippen molar-refractivity contribution < 1.29 is 4.79 Å². The monoisotopic (exact) mass is 173 g/mol. The Morgan fingerprint density at radius 2 is 2.23 bits per heavy atom. The average Bonchev–Trinajstić information content (AvgIpc) is 2.19. The van der Waals surface area contributed by atoms with Gasteiger partial charge in [-0.2, -0.15) is 0 Å². The SMILES string of the molecule is O=[C]CC1CCCc2ccccc21. The average molecular weight is 173 g/mol. The Balaban J connectivity index is 2.31. The number of hydrogen-bond acceptors (Lipinski definition) is 1. The van der Waals surface area contributed by atoms with Gasteiger partial charge in [-0.05, 0) is 36.3 Å². The molecule has 0 saturated carbocycles. The second-order valence-electron chi connectivity index (χ2n) is 3.64. The molecule has 1 aliphatic carbocycles. The molecule has 1 atom stereocenters. The maximum Gasteiger partial charge on any atom is 0.199 e.